The zero-order valence-electron chi connectivity index (χ0n) is 22.4. The van der Waals surface area contributed by atoms with Gasteiger partial charge in [0.05, 0.1) is 5.54 Å². The van der Waals surface area contributed by atoms with Crippen LogP contribution in [0.2, 0.25) is 0 Å². The lowest BCUT2D eigenvalue weighted by Crippen LogP contribution is -2.51. The largest absolute Gasteiger partial charge is 0.508 e. The van der Waals surface area contributed by atoms with E-state index in [4.69, 9.17) is 19.7 Å². The number of aromatic hydroxyl groups is 1. The molecule has 40 heavy (non-hydrogen) atoms. The minimum absolute atomic E-state index is 0.117. The van der Waals surface area contributed by atoms with Crippen LogP contribution in [-0.4, -0.2) is 75.4 Å². The maximum absolute atomic E-state index is 14.9. The van der Waals surface area contributed by atoms with Crippen LogP contribution >= 0.6 is 11.3 Å². The van der Waals surface area contributed by atoms with Crippen molar-refractivity contribution in [3.05, 3.63) is 46.7 Å². The Kier molecular flexibility index (Phi) is 5.86. The van der Waals surface area contributed by atoms with Crippen molar-refractivity contribution < 1.29 is 14.2 Å². The van der Waals surface area contributed by atoms with E-state index in [2.05, 4.69) is 15.1 Å². The summed E-state index contributed by atoms with van der Waals surface area (Å²) in [5.74, 6) is 0.655. The molecule has 2 aromatic heterocycles. The number of hydrogen-bond donors (Lipinski definition) is 2. The second-order valence-corrected chi connectivity index (χ2v) is 13.0. The molecule has 4 saturated heterocycles. The summed E-state index contributed by atoms with van der Waals surface area (Å²) < 4.78 is 21.3. The first-order valence-corrected chi connectivity index (χ1v) is 15.3. The molecule has 0 aliphatic carbocycles. The van der Waals surface area contributed by atoms with Gasteiger partial charge in [-0.3, -0.25) is 4.90 Å². The second-order valence-electron chi connectivity index (χ2n) is 12.0. The highest BCUT2D eigenvalue weighted by Crippen LogP contribution is 2.40. The molecule has 4 aromatic rings. The van der Waals surface area contributed by atoms with Crippen LogP contribution in [0.1, 0.15) is 49.1 Å². The lowest BCUT2D eigenvalue weighted by molar-refractivity contribution is 0.108. The quantitative estimate of drug-likeness (QED) is 0.353. The van der Waals surface area contributed by atoms with Crippen molar-refractivity contribution in [2.75, 3.05) is 37.7 Å². The Morgan fingerprint density at radius 1 is 1.07 bits per heavy atom. The summed E-state index contributed by atoms with van der Waals surface area (Å²) in [6.07, 6.45) is 7.53. The van der Waals surface area contributed by atoms with E-state index >= 15 is 0 Å². The molecule has 8 nitrogen and oxygen atoms in total. The number of ether oxygens (including phenoxy) is 1. The molecule has 10 heteroatoms. The van der Waals surface area contributed by atoms with Gasteiger partial charge in [-0.25, -0.2) is 9.37 Å². The van der Waals surface area contributed by atoms with Gasteiger partial charge in [-0.05, 0) is 80.8 Å². The molecular formula is C30H33FN6O2S. The molecule has 0 spiro atoms. The Hall–Kier alpha value is -3.08. The Labute approximate surface area is 236 Å². The predicted octanol–water partition coefficient (Wildman–Crippen LogP) is 4.62. The summed E-state index contributed by atoms with van der Waals surface area (Å²) in [5.41, 5.74) is 1.60. The van der Waals surface area contributed by atoms with E-state index in [1.807, 2.05) is 6.07 Å². The summed E-state index contributed by atoms with van der Waals surface area (Å²) in [4.78, 5) is 20.6. The van der Waals surface area contributed by atoms with Crippen LogP contribution in [-0.2, 0) is 6.42 Å². The molecule has 0 amide bonds. The number of benzene rings is 2. The number of fused-ring (bicyclic) bond motifs is 5. The number of rotatable bonds is 6. The van der Waals surface area contributed by atoms with E-state index in [0.29, 0.717) is 47.5 Å². The predicted molar refractivity (Wildman–Crippen MR) is 154 cm³/mol. The van der Waals surface area contributed by atoms with Crippen molar-refractivity contribution in [2.24, 2.45) is 0 Å². The Balaban J connectivity index is 1.17. The molecular weight excluding hydrogens is 527 g/mol. The van der Waals surface area contributed by atoms with Crippen LogP contribution in [0.3, 0.4) is 0 Å². The molecule has 2 atom stereocenters. The van der Waals surface area contributed by atoms with Crippen molar-refractivity contribution >= 4 is 38.3 Å². The molecule has 4 fully saturated rings. The van der Waals surface area contributed by atoms with Gasteiger partial charge in [-0.2, -0.15) is 9.97 Å². The fourth-order valence-corrected chi connectivity index (χ4v) is 8.52. The second kappa shape index (κ2) is 9.49. The van der Waals surface area contributed by atoms with Crippen molar-refractivity contribution in [3.63, 3.8) is 0 Å². The number of piperazine rings is 1. The number of nitrogens with zero attached hydrogens (tertiary/aromatic N) is 5. The summed E-state index contributed by atoms with van der Waals surface area (Å²) in [5, 5.41) is 16.1. The number of nitrogens with one attached hydrogen (secondary N) is 1. The van der Waals surface area contributed by atoms with E-state index in [-0.39, 0.29) is 17.1 Å². The van der Waals surface area contributed by atoms with Gasteiger partial charge in [-0.1, -0.05) is 23.5 Å². The highest BCUT2D eigenvalue weighted by atomic mass is 32.1. The van der Waals surface area contributed by atoms with Crippen molar-refractivity contribution in [2.45, 2.75) is 62.6 Å². The third-order valence-corrected chi connectivity index (χ3v) is 10.3. The van der Waals surface area contributed by atoms with Crippen LogP contribution in [0, 0.1) is 5.82 Å². The number of phenols is 1. The molecule has 2 bridgehead atoms. The highest BCUT2D eigenvalue weighted by molar-refractivity contribution is 7.18. The molecule has 6 heterocycles. The average Bonchev–Trinajstić information content (AvgIpc) is 3.69. The monoisotopic (exact) mass is 560 g/mol. The van der Waals surface area contributed by atoms with Crippen molar-refractivity contribution in [1.29, 1.82) is 0 Å². The standard InChI is InChI=1S/C30H33FN6O2S/c31-23-5-1-4-18-12-22(38)13-19(25(18)23)14-24-33-26-27(36-15-20-6-7-21(16-36)32-20)34-29(35-28(26)40-24)39-17-30-8-2-10-37(30)11-3-9-30/h1,4-5,12-13,20-21,32,38H,2-3,6-11,14-17H2. The van der Waals surface area contributed by atoms with Gasteiger partial charge in [0.25, 0.3) is 0 Å². The molecule has 208 valence electrons. The van der Waals surface area contributed by atoms with Gasteiger partial charge in [0.2, 0.25) is 0 Å². The first-order chi connectivity index (χ1) is 19.5. The summed E-state index contributed by atoms with van der Waals surface area (Å²) >= 11 is 1.50. The van der Waals surface area contributed by atoms with Crippen LogP contribution in [0.5, 0.6) is 11.8 Å². The molecule has 0 radical (unpaired) electrons. The fourth-order valence-electron chi connectivity index (χ4n) is 7.58. The highest BCUT2D eigenvalue weighted by Gasteiger charge is 2.45. The summed E-state index contributed by atoms with van der Waals surface area (Å²) in [6.45, 7) is 4.69. The maximum atomic E-state index is 14.9. The number of hydrogen-bond acceptors (Lipinski definition) is 9. The Morgan fingerprint density at radius 3 is 2.67 bits per heavy atom. The maximum Gasteiger partial charge on any atom is 0.319 e. The number of anilines is 1. The van der Waals surface area contributed by atoms with Crippen molar-refractivity contribution in [3.8, 4) is 11.8 Å². The van der Waals surface area contributed by atoms with Gasteiger partial charge >= 0.3 is 6.01 Å². The molecule has 2 unspecified atom stereocenters. The topological polar surface area (TPSA) is 86.6 Å². The third kappa shape index (κ3) is 4.19. The summed E-state index contributed by atoms with van der Waals surface area (Å²) in [7, 11) is 0. The lowest BCUT2D eigenvalue weighted by atomic mass is 9.95. The number of phenolic OH excluding ortho intramolecular Hbond substituents is 1. The van der Waals surface area contributed by atoms with E-state index < -0.39 is 0 Å². The first-order valence-electron chi connectivity index (χ1n) is 14.5. The van der Waals surface area contributed by atoms with Crippen LogP contribution in [0.25, 0.3) is 21.1 Å². The number of halogens is 1. The van der Waals surface area contributed by atoms with Crippen molar-refractivity contribution in [1.82, 2.24) is 25.2 Å². The SMILES string of the molecule is Oc1cc(Cc2nc3c(N4CC5CCC(C4)N5)nc(OCC45CCCN4CCC5)nc3s2)c2c(F)cccc2c1. The van der Waals surface area contributed by atoms with Gasteiger partial charge in [-0.15, -0.1) is 0 Å². The lowest BCUT2D eigenvalue weighted by Gasteiger charge is -2.34. The zero-order chi connectivity index (χ0) is 26.8. The van der Waals surface area contributed by atoms with Crippen LogP contribution < -0.4 is 15.0 Å². The van der Waals surface area contributed by atoms with Gasteiger partial charge < -0.3 is 20.1 Å². The van der Waals surface area contributed by atoms with E-state index in [0.717, 1.165) is 47.4 Å². The summed E-state index contributed by atoms with van der Waals surface area (Å²) in [6, 6.07) is 9.52. The average molecular weight is 561 g/mol. The van der Waals surface area contributed by atoms with Gasteiger partial charge in [0, 0.05) is 37.0 Å². The third-order valence-electron chi connectivity index (χ3n) is 9.40. The minimum Gasteiger partial charge on any atom is -0.508 e. The molecule has 4 aliphatic rings. The van der Waals surface area contributed by atoms with Crippen LogP contribution in [0.4, 0.5) is 10.2 Å². The first kappa shape index (κ1) is 24.7. The number of aromatic nitrogens is 3. The molecule has 2 N–H and O–H groups in total. The zero-order valence-corrected chi connectivity index (χ0v) is 23.2. The van der Waals surface area contributed by atoms with Gasteiger partial charge in [0.1, 0.15) is 28.7 Å². The Bertz CT molecular complexity index is 1590. The molecule has 8 rings (SSSR count). The fraction of sp³-hybridized carbons (Fsp3) is 0.500. The molecule has 2 aromatic carbocycles. The van der Waals surface area contributed by atoms with E-state index in [1.54, 1.807) is 18.2 Å². The molecule has 4 aliphatic heterocycles. The smallest absolute Gasteiger partial charge is 0.319 e. The van der Waals surface area contributed by atoms with E-state index in [9.17, 15) is 9.50 Å². The normalized spacial score (nSPS) is 23.9. The van der Waals surface area contributed by atoms with E-state index in [1.165, 1.54) is 55.9 Å². The minimum atomic E-state index is -0.298. The van der Waals surface area contributed by atoms with Crippen LogP contribution in [0.15, 0.2) is 30.3 Å². The van der Waals surface area contributed by atoms with Gasteiger partial charge in [0.15, 0.2) is 10.6 Å². The Morgan fingerprint density at radius 2 is 1.88 bits per heavy atom. The molecule has 0 saturated carbocycles. The number of thiazole rings is 1.